The number of piperazine rings is 1. The molecule has 3 aliphatic rings. The average Bonchev–Trinajstić information content (AvgIpc) is 3.96. The zero-order valence-electron chi connectivity index (χ0n) is 27.6. The predicted molar refractivity (Wildman–Crippen MR) is 184 cm³/mol. The summed E-state index contributed by atoms with van der Waals surface area (Å²) in [5, 5.41) is 5.55. The lowest BCUT2D eigenvalue weighted by Crippen LogP contribution is -2.53. The molecule has 7 rings (SSSR count). The van der Waals surface area contributed by atoms with Crippen molar-refractivity contribution < 1.29 is 18.7 Å². The normalized spacial score (nSPS) is 17.4. The Morgan fingerprint density at radius 2 is 1.54 bits per heavy atom. The molecule has 2 aromatic carbocycles. The van der Waals surface area contributed by atoms with Crippen molar-refractivity contribution in [2.24, 2.45) is 0 Å². The van der Waals surface area contributed by atoms with Gasteiger partial charge in [-0.25, -0.2) is 28.5 Å². The van der Waals surface area contributed by atoms with E-state index in [1.165, 1.54) is 35.3 Å². The average molecular weight is 684 g/mol. The highest BCUT2D eigenvalue weighted by Crippen LogP contribution is 2.33. The zero-order valence-corrected chi connectivity index (χ0v) is 27.6. The predicted octanol–water partition coefficient (Wildman–Crippen LogP) is 3.55. The SMILES string of the molecule is CN1CCN(C2CCN(C(=O)Nc3cc(Oc4ccc(NC(=O)c5cn(C6CC6)c(=O)n(-c6ccc(F)cc6)c5=O)cc4)ncn3)CC2)CC1. The summed E-state index contributed by atoms with van der Waals surface area (Å²) in [4.78, 5) is 67.8. The second kappa shape index (κ2) is 14.2. The summed E-state index contributed by atoms with van der Waals surface area (Å²) in [5.74, 6) is -0.284. The third kappa shape index (κ3) is 7.43. The van der Waals surface area contributed by atoms with Crippen LogP contribution in [0, 0.1) is 5.82 Å². The van der Waals surface area contributed by atoms with Crippen molar-refractivity contribution in [2.75, 3.05) is 56.9 Å². The molecule has 2 aliphatic heterocycles. The number of carbonyl (C=O) groups is 2. The molecule has 2 aromatic heterocycles. The Kier molecular flexibility index (Phi) is 9.41. The van der Waals surface area contributed by atoms with Crippen LogP contribution in [0.15, 0.2) is 76.7 Å². The first-order chi connectivity index (χ1) is 24.2. The van der Waals surface area contributed by atoms with Gasteiger partial charge in [0, 0.05) is 69.3 Å². The largest absolute Gasteiger partial charge is 0.439 e. The van der Waals surface area contributed by atoms with Crippen LogP contribution in [0.3, 0.4) is 0 Å². The summed E-state index contributed by atoms with van der Waals surface area (Å²) < 4.78 is 21.7. The Morgan fingerprint density at radius 1 is 0.840 bits per heavy atom. The highest BCUT2D eigenvalue weighted by molar-refractivity contribution is 6.03. The standard InChI is InChI=1S/C35H38FN9O5/c1-41-16-18-42(19-17-41)25-12-14-43(15-13-25)34(48)40-30-20-31(38-22-37-30)50-28-10-4-24(5-11-28)39-32(46)29-21-44(26-8-9-26)35(49)45(33(29)47)27-6-2-23(36)3-7-27/h2-7,10-11,20-22,25-26H,8-9,12-19H2,1H3,(H,39,46)(H,37,38,40,48). The van der Waals surface area contributed by atoms with Gasteiger partial charge in [-0.2, -0.15) is 0 Å². The molecule has 0 radical (unpaired) electrons. The number of nitrogens with one attached hydrogen (secondary N) is 2. The van der Waals surface area contributed by atoms with Crippen molar-refractivity contribution in [1.82, 2.24) is 33.8 Å². The Morgan fingerprint density at radius 3 is 2.22 bits per heavy atom. The van der Waals surface area contributed by atoms with Crippen molar-refractivity contribution in [2.45, 2.75) is 37.8 Å². The van der Waals surface area contributed by atoms with Gasteiger partial charge in [0.15, 0.2) is 0 Å². The summed E-state index contributed by atoms with van der Waals surface area (Å²) in [5.41, 5.74) is -1.07. The molecule has 3 amide bonds. The van der Waals surface area contributed by atoms with Gasteiger partial charge < -0.3 is 19.9 Å². The molecule has 14 nitrogen and oxygen atoms in total. The van der Waals surface area contributed by atoms with Gasteiger partial charge in [-0.1, -0.05) is 0 Å². The number of aromatic nitrogens is 4. The lowest BCUT2D eigenvalue weighted by molar-refractivity contribution is 0.0765. The fourth-order valence-electron chi connectivity index (χ4n) is 6.36. The molecule has 1 saturated carbocycles. The maximum atomic E-state index is 13.5. The second-order valence-corrected chi connectivity index (χ2v) is 12.9. The number of hydrogen-bond acceptors (Lipinski definition) is 9. The van der Waals surface area contributed by atoms with E-state index in [2.05, 4.69) is 37.4 Å². The number of carbonyl (C=O) groups excluding carboxylic acids is 2. The van der Waals surface area contributed by atoms with Crippen LogP contribution in [0.5, 0.6) is 11.6 Å². The van der Waals surface area contributed by atoms with Gasteiger partial charge in [-0.15, -0.1) is 0 Å². The molecule has 3 fully saturated rings. The van der Waals surface area contributed by atoms with Crippen molar-refractivity contribution in [3.63, 3.8) is 0 Å². The van der Waals surface area contributed by atoms with E-state index in [0.29, 0.717) is 36.4 Å². The van der Waals surface area contributed by atoms with Crippen molar-refractivity contribution >= 4 is 23.4 Å². The number of benzene rings is 2. The fourth-order valence-corrected chi connectivity index (χ4v) is 6.36. The summed E-state index contributed by atoms with van der Waals surface area (Å²) in [6.07, 6.45) is 5.97. The molecule has 0 unspecified atom stereocenters. The summed E-state index contributed by atoms with van der Waals surface area (Å²) in [7, 11) is 2.15. The maximum Gasteiger partial charge on any atom is 0.335 e. The van der Waals surface area contributed by atoms with E-state index in [1.807, 2.05) is 0 Å². The van der Waals surface area contributed by atoms with Crippen molar-refractivity contribution in [1.29, 1.82) is 0 Å². The smallest absolute Gasteiger partial charge is 0.335 e. The number of likely N-dealkylation sites (tertiary alicyclic amines) is 1. The molecular formula is C35H38FN9O5. The van der Waals surface area contributed by atoms with Crippen LogP contribution in [0.4, 0.5) is 20.7 Å². The molecule has 4 heterocycles. The fraction of sp³-hybridized carbons (Fsp3) is 0.371. The summed E-state index contributed by atoms with van der Waals surface area (Å²) in [6, 6.07) is 13.1. The first-order valence-corrected chi connectivity index (χ1v) is 16.8. The van der Waals surface area contributed by atoms with Crippen LogP contribution in [-0.2, 0) is 0 Å². The number of urea groups is 1. The van der Waals surface area contributed by atoms with Crippen molar-refractivity contribution in [3.05, 3.63) is 99.3 Å². The van der Waals surface area contributed by atoms with Gasteiger partial charge in [0.1, 0.15) is 29.3 Å². The molecule has 2 saturated heterocycles. The zero-order chi connectivity index (χ0) is 34.8. The molecule has 260 valence electrons. The third-order valence-corrected chi connectivity index (χ3v) is 9.40. The van der Waals surface area contributed by atoms with Gasteiger partial charge in [0.25, 0.3) is 11.5 Å². The van der Waals surface area contributed by atoms with Gasteiger partial charge in [-0.3, -0.25) is 24.4 Å². The number of rotatable bonds is 8. The lowest BCUT2D eigenvalue weighted by atomic mass is 10.0. The van der Waals surface area contributed by atoms with Crippen LogP contribution in [0.25, 0.3) is 5.69 Å². The van der Waals surface area contributed by atoms with E-state index in [0.717, 1.165) is 68.6 Å². The third-order valence-electron chi connectivity index (χ3n) is 9.40. The van der Waals surface area contributed by atoms with Gasteiger partial charge in [-0.05, 0) is 81.3 Å². The molecule has 0 atom stereocenters. The monoisotopic (exact) mass is 683 g/mol. The summed E-state index contributed by atoms with van der Waals surface area (Å²) in [6.45, 7) is 5.63. The Hall–Kier alpha value is -5.41. The number of piperidine rings is 1. The van der Waals surface area contributed by atoms with E-state index in [-0.39, 0.29) is 29.2 Å². The Balaban J connectivity index is 0.967. The van der Waals surface area contributed by atoms with E-state index in [4.69, 9.17) is 4.74 Å². The lowest BCUT2D eigenvalue weighted by Gasteiger charge is -2.42. The number of hydrogen-bond donors (Lipinski definition) is 2. The molecule has 50 heavy (non-hydrogen) atoms. The highest BCUT2D eigenvalue weighted by Gasteiger charge is 2.30. The van der Waals surface area contributed by atoms with Crippen LogP contribution in [-0.4, -0.2) is 98.1 Å². The van der Waals surface area contributed by atoms with E-state index in [1.54, 1.807) is 29.2 Å². The molecule has 1 aliphatic carbocycles. The molecular weight excluding hydrogens is 645 g/mol. The molecule has 4 aromatic rings. The number of halogens is 1. The minimum absolute atomic E-state index is 0.113. The Labute approximate surface area is 287 Å². The van der Waals surface area contributed by atoms with Crippen LogP contribution >= 0.6 is 0 Å². The molecule has 15 heteroatoms. The minimum atomic E-state index is -0.808. The molecule has 2 N–H and O–H groups in total. The van der Waals surface area contributed by atoms with Crippen LogP contribution in [0.2, 0.25) is 0 Å². The van der Waals surface area contributed by atoms with Crippen LogP contribution < -0.4 is 26.6 Å². The first-order valence-electron chi connectivity index (χ1n) is 16.8. The summed E-state index contributed by atoms with van der Waals surface area (Å²) >= 11 is 0. The quantitative estimate of drug-likeness (QED) is 0.285. The minimum Gasteiger partial charge on any atom is -0.439 e. The van der Waals surface area contributed by atoms with Gasteiger partial charge >= 0.3 is 11.7 Å². The van der Waals surface area contributed by atoms with E-state index in [9.17, 15) is 23.6 Å². The van der Waals surface area contributed by atoms with Gasteiger partial charge in [0.2, 0.25) is 5.88 Å². The second-order valence-electron chi connectivity index (χ2n) is 12.9. The van der Waals surface area contributed by atoms with Gasteiger partial charge in [0.05, 0.1) is 5.69 Å². The first kappa shape index (κ1) is 33.1. The van der Waals surface area contributed by atoms with E-state index >= 15 is 0 Å². The number of ether oxygens (including phenoxy) is 1. The van der Waals surface area contributed by atoms with Crippen LogP contribution in [0.1, 0.15) is 42.1 Å². The molecule has 0 bridgehead atoms. The number of likely N-dealkylation sites (N-methyl/N-ethyl adjacent to an activating group) is 1. The topological polar surface area (TPSA) is 147 Å². The Bertz CT molecular complexity index is 1980. The number of anilines is 2. The highest BCUT2D eigenvalue weighted by atomic mass is 19.1. The van der Waals surface area contributed by atoms with E-state index < -0.39 is 23.0 Å². The van der Waals surface area contributed by atoms with Crippen molar-refractivity contribution in [3.8, 4) is 17.3 Å². The number of amides is 3. The number of nitrogens with zero attached hydrogens (tertiary/aromatic N) is 7. The maximum absolute atomic E-state index is 13.5. The molecule has 0 spiro atoms.